The van der Waals surface area contributed by atoms with Crippen molar-refractivity contribution >= 4 is 68.6 Å². The molecule has 2 aromatic carbocycles. The van der Waals surface area contributed by atoms with Crippen LogP contribution in [0.1, 0.15) is 44.9 Å². The quantitative estimate of drug-likeness (QED) is 0.167. The largest absolute Gasteiger partial charge is 0.491 e. The Morgan fingerprint density at radius 2 is 1.87 bits per heavy atom. The maximum Gasteiger partial charge on any atom is 0.338 e. The number of rotatable bonds is 9. The number of carbonyl (C=O) groups is 1. The van der Waals surface area contributed by atoms with Gasteiger partial charge in [0.2, 0.25) is 0 Å². The molecule has 1 atom stereocenters. The Labute approximate surface area is 258 Å². The number of carbonyl (C=O) groups excluding carboxylic acids is 1. The van der Waals surface area contributed by atoms with Crippen LogP contribution in [0.3, 0.4) is 0 Å². The van der Waals surface area contributed by atoms with Crippen molar-refractivity contribution in [2.24, 2.45) is 4.99 Å². The molecule has 7 nitrogen and oxygen atoms in total. The van der Waals surface area contributed by atoms with Crippen LogP contribution >= 0.6 is 56.5 Å². The molecule has 1 aromatic heterocycles. The maximum atomic E-state index is 13.9. The van der Waals surface area contributed by atoms with Crippen LogP contribution in [0.15, 0.2) is 70.1 Å². The Morgan fingerprint density at radius 1 is 1.21 bits per heavy atom. The topological polar surface area (TPSA) is 79.1 Å². The number of fused-ring (bicyclic) bond motifs is 1. The molecule has 3 aromatic rings. The van der Waals surface area contributed by atoms with Crippen LogP contribution in [0.25, 0.3) is 6.08 Å². The first-order valence-electron chi connectivity index (χ1n) is 12.3. The molecule has 4 rings (SSSR count). The van der Waals surface area contributed by atoms with E-state index in [1.807, 2.05) is 56.3 Å². The molecule has 0 fully saturated rings. The van der Waals surface area contributed by atoms with Gasteiger partial charge in [0.25, 0.3) is 5.56 Å². The minimum absolute atomic E-state index is 0.0273. The summed E-state index contributed by atoms with van der Waals surface area (Å²) in [6.07, 6.45) is 3.58. The highest BCUT2D eigenvalue weighted by molar-refractivity contribution is 14.1. The number of ether oxygens (including phenoxy) is 3. The molecule has 0 bridgehead atoms. The van der Waals surface area contributed by atoms with Gasteiger partial charge in [0.1, 0.15) is 18.1 Å². The summed E-state index contributed by atoms with van der Waals surface area (Å²) < 4.78 is 20.9. The number of benzene rings is 2. The van der Waals surface area contributed by atoms with E-state index in [0.717, 1.165) is 24.0 Å². The monoisotopic (exact) mass is 770 g/mol. The minimum atomic E-state index is -0.675. The van der Waals surface area contributed by atoms with E-state index in [1.54, 1.807) is 24.5 Å². The zero-order chi connectivity index (χ0) is 28.3. The number of allylic oxidation sites excluding steroid dienone is 1. The first kappa shape index (κ1) is 29.5. The summed E-state index contributed by atoms with van der Waals surface area (Å²) >= 11 is 5.75. The van der Waals surface area contributed by atoms with Gasteiger partial charge in [-0.2, -0.15) is 0 Å². The second kappa shape index (κ2) is 12.8. The smallest absolute Gasteiger partial charge is 0.338 e. The van der Waals surface area contributed by atoms with Gasteiger partial charge in [0.15, 0.2) is 4.80 Å². The van der Waals surface area contributed by atoms with Gasteiger partial charge in [-0.1, -0.05) is 36.1 Å². The molecular weight excluding hydrogens is 742 g/mol. The Kier molecular flexibility index (Phi) is 9.70. The molecule has 39 heavy (non-hydrogen) atoms. The molecular formula is C29H28I2N2O5S. The van der Waals surface area contributed by atoms with Gasteiger partial charge in [-0.25, -0.2) is 9.79 Å². The van der Waals surface area contributed by atoms with E-state index in [4.69, 9.17) is 14.2 Å². The number of halogens is 2. The molecule has 0 spiro atoms. The summed E-state index contributed by atoms with van der Waals surface area (Å²) in [6.45, 7) is 11.8. The normalized spacial score (nSPS) is 15.2. The second-order valence-corrected chi connectivity index (χ2v) is 12.3. The van der Waals surface area contributed by atoms with Crippen LogP contribution in [0.4, 0.5) is 0 Å². The Bertz CT molecular complexity index is 1600. The average Bonchev–Trinajstić information content (AvgIpc) is 3.17. The van der Waals surface area contributed by atoms with Crippen LogP contribution < -0.4 is 24.4 Å². The van der Waals surface area contributed by atoms with E-state index >= 15 is 0 Å². The van der Waals surface area contributed by atoms with E-state index in [9.17, 15) is 9.59 Å². The molecule has 0 radical (unpaired) electrons. The first-order chi connectivity index (χ1) is 18.6. The van der Waals surface area contributed by atoms with Crippen LogP contribution in [0.2, 0.25) is 0 Å². The van der Waals surface area contributed by atoms with Crippen molar-refractivity contribution in [2.75, 3.05) is 13.2 Å². The molecule has 0 unspecified atom stereocenters. The molecule has 0 amide bonds. The summed E-state index contributed by atoms with van der Waals surface area (Å²) in [6, 6.07) is 10.7. The fourth-order valence-corrected chi connectivity index (χ4v) is 7.38. The number of thiazole rings is 1. The predicted octanol–water partition coefficient (Wildman–Crippen LogP) is 5.36. The molecule has 1 aliphatic heterocycles. The third-order valence-corrected chi connectivity index (χ3v) is 8.33. The first-order valence-corrected chi connectivity index (χ1v) is 15.3. The lowest BCUT2D eigenvalue weighted by atomic mass is 9.96. The molecule has 10 heteroatoms. The Balaban J connectivity index is 1.86. The van der Waals surface area contributed by atoms with E-state index < -0.39 is 12.0 Å². The zero-order valence-corrected chi connectivity index (χ0v) is 27.1. The van der Waals surface area contributed by atoms with E-state index in [1.165, 1.54) is 11.3 Å². The van der Waals surface area contributed by atoms with Crippen molar-refractivity contribution in [2.45, 2.75) is 39.8 Å². The molecule has 204 valence electrons. The van der Waals surface area contributed by atoms with Crippen LogP contribution in [0, 0.1) is 7.14 Å². The van der Waals surface area contributed by atoms with Gasteiger partial charge >= 0.3 is 5.97 Å². The van der Waals surface area contributed by atoms with Crippen molar-refractivity contribution in [1.29, 1.82) is 0 Å². The van der Waals surface area contributed by atoms with E-state index in [0.29, 0.717) is 33.0 Å². The number of esters is 1. The lowest BCUT2D eigenvalue weighted by Crippen LogP contribution is -2.39. The third-order valence-electron chi connectivity index (χ3n) is 5.75. The van der Waals surface area contributed by atoms with Crippen molar-refractivity contribution in [3.8, 4) is 11.5 Å². The maximum absolute atomic E-state index is 13.9. The predicted molar refractivity (Wildman–Crippen MR) is 170 cm³/mol. The molecule has 2 heterocycles. The van der Waals surface area contributed by atoms with E-state index in [2.05, 4.69) is 56.8 Å². The van der Waals surface area contributed by atoms with Crippen LogP contribution in [-0.2, 0) is 9.53 Å². The molecule has 0 aliphatic carbocycles. The number of hydrogen-bond donors (Lipinski definition) is 0. The number of hydrogen-bond acceptors (Lipinski definition) is 7. The third kappa shape index (κ3) is 6.49. The summed E-state index contributed by atoms with van der Waals surface area (Å²) in [5.41, 5.74) is 2.29. The number of nitrogens with zero attached hydrogens (tertiary/aromatic N) is 2. The molecule has 0 saturated heterocycles. The van der Waals surface area contributed by atoms with Gasteiger partial charge in [-0.05, 0) is 114 Å². The SMILES string of the molecule is C=CCOc1c(I)cc(/C=c2\sc3n(c2=O)[C@H](c2ccc(OC(C)C)cc2)C(C(=O)OCC)=C(C)N=3)cc1I. The average molecular weight is 770 g/mol. The molecule has 1 aliphatic rings. The van der Waals surface area contributed by atoms with Crippen molar-refractivity contribution in [3.63, 3.8) is 0 Å². The minimum Gasteiger partial charge on any atom is -0.491 e. The lowest BCUT2D eigenvalue weighted by Gasteiger charge is -2.25. The lowest BCUT2D eigenvalue weighted by molar-refractivity contribution is -0.139. The van der Waals surface area contributed by atoms with Gasteiger partial charge < -0.3 is 14.2 Å². The van der Waals surface area contributed by atoms with Crippen LogP contribution in [-0.4, -0.2) is 29.9 Å². The van der Waals surface area contributed by atoms with Crippen molar-refractivity contribution in [1.82, 2.24) is 4.57 Å². The fraction of sp³-hybridized carbons (Fsp3) is 0.276. The fourth-order valence-electron chi connectivity index (χ4n) is 4.20. The standard InChI is InChI=1S/C29H28I2N2O5S/c1-6-12-37-26-21(30)13-18(14-22(26)31)15-23-27(34)33-25(19-8-10-20(11-9-19)38-16(3)4)24(28(35)36-7-2)17(5)32-29(33)39-23/h6,8-11,13-16,25H,1,7,12H2,2-5H3/b23-15-/t25-/m1/s1. The zero-order valence-electron chi connectivity index (χ0n) is 22.0. The van der Waals surface area contributed by atoms with Gasteiger partial charge in [-0.3, -0.25) is 9.36 Å². The molecule has 0 N–H and O–H groups in total. The Morgan fingerprint density at radius 3 is 2.46 bits per heavy atom. The van der Waals surface area contributed by atoms with E-state index in [-0.39, 0.29) is 18.3 Å². The molecule has 0 saturated carbocycles. The summed E-state index contributed by atoms with van der Waals surface area (Å²) in [5, 5.41) is 0. The van der Waals surface area contributed by atoms with Crippen molar-refractivity contribution in [3.05, 3.63) is 98.3 Å². The highest BCUT2D eigenvalue weighted by Crippen LogP contribution is 2.32. The summed E-state index contributed by atoms with van der Waals surface area (Å²) in [4.78, 5) is 32.1. The van der Waals surface area contributed by atoms with Gasteiger partial charge in [-0.15, -0.1) is 0 Å². The highest BCUT2D eigenvalue weighted by atomic mass is 127. The summed E-state index contributed by atoms with van der Waals surface area (Å²) in [5.74, 6) is 1.01. The Hall–Kier alpha value is -2.45. The summed E-state index contributed by atoms with van der Waals surface area (Å²) in [7, 11) is 0. The van der Waals surface area contributed by atoms with Gasteiger partial charge in [0, 0.05) is 0 Å². The van der Waals surface area contributed by atoms with Crippen LogP contribution in [0.5, 0.6) is 11.5 Å². The highest BCUT2D eigenvalue weighted by Gasteiger charge is 2.33. The second-order valence-electron chi connectivity index (χ2n) is 8.95. The van der Waals surface area contributed by atoms with Gasteiger partial charge in [0.05, 0.1) is 41.7 Å². The van der Waals surface area contributed by atoms with Crippen molar-refractivity contribution < 1.29 is 19.0 Å². The number of aromatic nitrogens is 1.